The molecular formula is C23H21N5S. The van der Waals surface area contributed by atoms with Gasteiger partial charge in [0.25, 0.3) is 0 Å². The fourth-order valence-corrected chi connectivity index (χ4v) is 4.30. The number of aromatic amines is 1. The molecule has 0 saturated heterocycles. The normalized spacial score (nSPS) is 11.3. The maximum Gasteiger partial charge on any atom is 0.166 e. The Balaban J connectivity index is 1.32. The molecule has 3 heterocycles. The van der Waals surface area contributed by atoms with Gasteiger partial charge in [-0.25, -0.2) is 9.50 Å². The minimum absolute atomic E-state index is 0.963. The second kappa shape index (κ2) is 8.01. The van der Waals surface area contributed by atoms with E-state index in [1.54, 1.807) is 11.8 Å². The average Bonchev–Trinajstić information content (AvgIpc) is 3.49. The second-order valence-corrected chi connectivity index (χ2v) is 7.91. The van der Waals surface area contributed by atoms with Gasteiger partial charge in [0.1, 0.15) is 5.65 Å². The standard InChI is InChI=1S/C23H21N5S/c1-3-8-18(9-4-1)21-22(19-10-5-2-6-11-19)26-23(25-21)29-17-7-14-27-15-16-28-20(27)12-13-24-28/h1-6,8-13,15-16H,7,14,17H2,(H,25,26). The number of rotatable bonds is 7. The van der Waals surface area contributed by atoms with E-state index in [0.717, 1.165) is 52.0 Å². The van der Waals surface area contributed by atoms with Gasteiger partial charge in [0.15, 0.2) is 5.16 Å². The molecule has 0 fully saturated rings. The Kier molecular flexibility index (Phi) is 4.92. The molecule has 0 saturated carbocycles. The Labute approximate surface area is 173 Å². The zero-order chi connectivity index (χ0) is 19.5. The molecule has 0 aliphatic carbocycles. The van der Waals surface area contributed by atoms with Crippen molar-refractivity contribution < 1.29 is 0 Å². The number of aromatic nitrogens is 5. The molecule has 2 aromatic carbocycles. The summed E-state index contributed by atoms with van der Waals surface area (Å²) in [5.41, 5.74) is 5.49. The van der Waals surface area contributed by atoms with Crippen molar-refractivity contribution in [2.45, 2.75) is 18.1 Å². The van der Waals surface area contributed by atoms with Crippen molar-refractivity contribution in [3.05, 3.63) is 85.3 Å². The molecule has 0 aliphatic rings. The Morgan fingerprint density at radius 2 is 1.62 bits per heavy atom. The summed E-state index contributed by atoms with van der Waals surface area (Å²) in [6.45, 7) is 0.965. The van der Waals surface area contributed by atoms with Crippen LogP contribution in [0.1, 0.15) is 6.42 Å². The van der Waals surface area contributed by atoms with Gasteiger partial charge >= 0.3 is 0 Å². The maximum absolute atomic E-state index is 4.92. The minimum Gasteiger partial charge on any atom is -0.332 e. The van der Waals surface area contributed by atoms with Gasteiger partial charge in [0, 0.05) is 41.9 Å². The molecule has 0 atom stereocenters. The molecule has 0 spiro atoms. The number of H-pyrrole nitrogens is 1. The fraction of sp³-hybridized carbons (Fsp3) is 0.130. The van der Waals surface area contributed by atoms with Crippen molar-refractivity contribution in [3.63, 3.8) is 0 Å². The monoisotopic (exact) mass is 399 g/mol. The van der Waals surface area contributed by atoms with Gasteiger partial charge in [0.2, 0.25) is 0 Å². The third-order valence-electron chi connectivity index (χ3n) is 4.91. The van der Waals surface area contributed by atoms with Gasteiger partial charge < -0.3 is 9.55 Å². The van der Waals surface area contributed by atoms with Gasteiger partial charge in [0.05, 0.1) is 17.6 Å². The summed E-state index contributed by atoms with van der Waals surface area (Å²) in [6.07, 6.45) is 6.97. The molecule has 5 nitrogen and oxygen atoms in total. The predicted octanol–water partition coefficient (Wildman–Crippen LogP) is 5.38. The van der Waals surface area contributed by atoms with Crippen molar-refractivity contribution in [1.29, 1.82) is 0 Å². The Morgan fingerprint density at radius 1 is 0.862 bits per heavy atom. The summed E-state index contributed by atoms with van der Waals surface area (Å²) >= 11 is 1.77. The van der Waals surface area contributed by atoms with Crippen LogP contribution >= 0.6 is 11.8 Å². The Bertz CT molecular complexity index is 1150. The first-order chi connectivity index (χ1) is 14.4. The molecule has 3 aromatic heterocycles. The van der Waals surface area contributed by atoms with Gasteiger partial charge in [-0.3, -0.25) is 0 Å². The van der Waals surface area contributed by atoms with E-state index in [9.17, 15) is 0 Å². The lowest BCUT2D eigenvalue weighted by molar-refractivity contribution is 0.704. The lowest BCUT2D eigenvalue weighted by Gasteiger charge is -2.02. The SMILES string of the molecule is c1ccc(-c2nc(SCCCn3ccn4nccc34)[nH]c2-c2ccccc2)cc1. The predicted molar refractivity (Wildman–Crippen MR) is 118 cm³/mol. The van der Waals surface area contributed by atoms with Gasteiger partial charge in [-0.05, 0) is 6.42 Å². The number of fused-ring (bicyclic) bond motifs is 1. The van der Waals surface area contributed by atoms with E-state index in [1.807, 2.05) is 35.1 Å². The summed E-state index contributed by atoms with van der Waals surface area (Å²) in [5.74, 6) is 0.994. The average molecular weight is 400 g/mol. The van der Waals surface area contributed by atoms with Crippen LogP contribution in [0, 0.1) is 0 Å². The summed E-state index contributed by atoms with van der Waals surface area (Å²) in [7, 11) is 0. The number of thioether (sulfide) groups is 1. The number of benzene rings is 2. The molecule has 0 unspecified atom stereocenters. The first kappa shape index (κ1) is 17.8. The van der Waals surface area contributed by atoms with E-state index in [2.05, 4.69) is 69.4 Å². The topological polar surface area (TPSA) is 50.9 Å². The number of imidazole rings is 2. The van der Waals surface area contributed by atoms with E-state index in [0.29, 0.717) is 0 Å². The summed E-state index contributed by atoms with van der Waals surface area (Å²) in [4.78, 5) is 8.47. The highest BCUT2D eigenvalue weighted by molar-refractivity contribution is 7.99. The van der Waals surface area contributed by atoms with Crippen LogP contribution in [0.4, 0.5) is 0 Å². The number of nitrogens with one attached hydrogen (secondary N) is 1. The third kappa shape index (κ3) is 3.71. The van der Waals surface area contributed by atoms with Gasteiger partial charge in [-0.2, -0.15) is 5.10 Å². The van der Waals surface area contributed by atoms with Crippen molar-refractivity contribution in [2.75, 3.05) is 5.75 Å². The fourth-order valence-electron chi connectivity index (χ4n) is 3.50. The first-order valence-electron chi connectivity index (χ1n) is 9.70. The van der Waals surface area contributed by atoms with Crippen LogP contribution in [0.3, 0.4) is 0 Å². The lowest BCUT2D eigenvalue weighted by Crippen LogP contribution is -1.97. The third-order valence-corrected chi connectivity index (χ3v) is 5.86. The smallest absolute Gasteiger partial charge is 0.166 e. The molecular weight excluding hydrogens is 378 g/mol. The lowest BCUT2D eigenvalue weighted by atomic mass is 10.1. The van der Waals surface area contributed by atoms with E-state index in [-0.39, 0.29) is 0 Å². The highest BCUT2D eigenvalue weighted by Crippen LogP contribution is 2.32. The highest BCUT2D eigenvalue weighted by Gasteiger charge is 2.14. The van der Waals surface area contributed by atoms with E-state index < -0.39 is 0 Å². The van der Waals surface area contributed by atoms with Crippen molar-refractivity contribution in [2.24, 2.45) is 0 Å². The molecule has 5 rings (SSSR count). The quantitative estimate of drug-likeness (QED) is 0.295. The van der Waals surface area contributed by atoms with Crippen LogP contribution in [0.2, 0.25) is 0 Å². The summed E-state index contributed by atoms with van der Waals surface area (Å²) < 4.78 is 4.14. The highest BCUT2D eigenvalue weighted by atomic mass is 32.2. The number of aryl methyl sites for hydroxylation is 1. The zero-order valence-electron chi connectivity index (χ0n) is 15.9. The summed E-state index contributed by atoms with van der Waals surface area (Å²) in [6, 6.07) is 22.8. The molecule has 1 N–H and O–H groups in total. The number of hydrogen-bond donors (Lipinski definition) is 1. The molecule has 5 aromatic rings. The van der Waals surface area contributed by atoms with E-state index in [1.165, 1.54) is 0 Å². The van der Waals surface area contributed by atoms with Crippen LogP contribution < -0.4 is 0 Å². The number of hydrogen-bond acceptors (Lipinski definition) is 3. The van der Waals surface area contributed by atoms with Crippen LogP contribution in [-0.4, -0.2) is 29.9 Å². The van der Waals surface area contributed by atoms with E-state index in [4.69, 9.17) is 4.98 Å². The molecule has 0 aliphatic heterocycles. The van der Waals surface area contributed by atoms with Crippen molar-refractivity contribution in [1.82, 2.24) is 24.1 Å². The first-order valence-corrected chi connectivity index (χ1v) is 10.7. The molecule has 144 valence electrons. The molecule has 29 heavy (non-hydrogen) atoms. The van der Waals surface area contributed by atoms with E-state index >= 15 is 0 Å². The number of nitrogens with zero attached hydrogens (tertiary/aromatic N) is 4. The zero-order valence-corrected chi connectivity index (χ0v) is 16.7. The van der Waals surface area contributed by atoms with Crippen molar-refractivity contribution in [3.8, 4) is 22.5 Å². The largest absolute Gasteiger partial charge is 0.332 e. The van der Waals surface area contributed by atoms with Crippen LogP contribution in [-0.2, 0) is 6.54 Å². The molecule has 0 amide bonds. The van der Waals surface area contributed by atoms with Crippen molar-refractivity contribution >= 4 is 17.4 Å². The van der Waals surface area contributed by atoms with Gasteiger partial charge in [-0.1, -0.05) is 72.4 Å². The molecule has 0 radical (unpaired) electrons. The Hall–Kier alpha value is -3.25. The maximum atomic E-state index is 4.92. The van der Waals surface area contributed by atoms with Gasteiger partial charge in [-0.15, -0.1) is 0 Å². The minimum atomic E-state index is 0.963. The van der Waals surface area contributed by atoms with Crippen LogP contribution in [0.5, 0.6) is 0 Å². The van der Waals surface area contributed by atoms with Crippen LogP contribution in [0.15, 0.2) is 90.5 Å². The molecule has 0 bridgehead atoms. The molecule has 6 heteroatoms. The Morgan fingerprint density at radius 3 is 2.41 bits per heavy atom. The van der Waals surface area contributed by atoms with Crippen LogP contribution in [0.25, 0.3) is 28.2 Å². The summed E-state index contributed by atoms with van der Waals surface area (Å²) in [5, 5.41) is 5.22. The second-order valence-electron chi connectivity index (χ2n) is 6.83.